The van der Waals surface area contributed by atoms with Gasteiger partial charge in [0, 0.05) is 0 Å². The van der Waals surface area contributed by atoms with Gasteiger partial charge in [-0.2, -0.15) is 0 Å². The predicted molar refractivity (Wildman–Crippen MR) is 66.8 cm³/mol. The van der Waals surface area contributed by atoms with Crippen molar-refractivity contribution in [3.05, 3.63) is 34.1 Å². The van der Waals surface area contributed by atoms with E-state index in [1.807, 2.05) is 19.9 Å². The molecular weight excluding hydrogens is 217 g/mol. The van der Waals surface area contributed by atoms with Gasteiger partial charge in [0.15, 0.2) is 0 Å². The van der Waals surface area contributed by atoms with E-state index in [1.165, 1.54) is 5.56 Å². The molecular formula is C14H20FNO. The smallest absolute Gasteiger partial charge is 0.129 e. The van der Waals surface area contributed by atoms with E-state index in [0.29, 0.717) is 6.61 Å². The summed E-state index contributed by atoms with van der Waals surface area (Å²) in [5.74, 6) is -0.0754. The van der Waals surface area contributed by atoms with E-state index in [4.69, 9.17) is 4.74 Å². The number of benzene rings is 1. The van der Waals surface area contributed by atoms with Crippen LogP contribution in [0.3, 0.4) is 0 Å². The fourth-order valence-electron chi connectivity index (χ4n) is 2.62. The number of likely N-dealkylation sites (N-methyl/N-ethyl adjacent to an activating group) is 1. The molecule has 1 aromatic rings. The predicted octanol–water partition coefficient (Wildman–Crippen LogP) is 2.67. The first-order valence-electron chi connectivity index (χ1n) is 6.24. The van der Waals surface area contributed by atoms with E-state index >= 15 is 0 Å². The van der Waals surface area contributed by atoms with Crippen LogP contribution in [0.15, 0.2) is 6.07 Å². The molecule has 1 aliphatic heterocycles. The Hall–Kier alpha value is -0.930. The summed E-state index contributed by atoms with van der Waals surface area (Å²) in [7, 11) is 0. The quantitative estimate of drug-likeness (QED) is 0.854. The molecule has 2 nitrogen and oxygen atoms in total. The normalized spacial score (nSPS) is 19.9. The highest BCUT2D eigenvalue weighted by Gasteiger charge is 2.23. The molecule has 0 saturated heterocycles. The molecule has 1 unspecified atom stereocenters. The van der Waals surface area contributed by atoms with Crippen molar-refractivity contribution in [2.45, 2.75) is 33.2 Å². The lowest BCUT2D eigenvalue weighted by Gasteiger charge is -2.21. The summed E-state index contributed by atoms with van der Waals surface area (Å²) in [6, 6.07) is 2.09. The summed E-state index contributed by atoms with van der Waals surface area (Å²) in [5.41, 5.74) is 3.84. The van der Waals surface area contributed by atoms with Crippen molar-refractivity contribution in [3.8, 4) is 0 Å². The summed E-state index contributed by atoms with van der Waals surface area (Å²) in [4.78, 5) is 0. The third kappa shape index (κ3) is 2.35. The molecule has 1 aliphatic rings. The van der Waals surface area contributed by atoms with Crippen LogP contribution < -0.4 is 5.32 Å². The van der Waals surface area contributed by atoms with Crippen molar-refractivity contribution in [3.63, 3.8) is 0 Å². The zero-order valence-corrected chi connectivity index (χ0v) is 10.8. The van der Waals surface area contributed by atoms with Gasteiger partial charge in [0.2, 0.25) is 0 Å². The summed E-state index contributed by atoms with van der Waals surface area (Å²) < 4.78 is 19.6. The monoisotopic (exact) mass is 237 g/mol. The van der Waals surface area contributed by atoms with Gasteiger partial charge in [0.25, 0.3) is 0 Å². The number of aryl methyl sites for hydroxylation is 1. The summed E-state index contributed by atoms with van der Waals surface area (Å²) in [5, 5.41) is 3.38. The highest BCUT2D eigenvalue weighted by atomic mass is 19.1. The van der Waals surface area contributed by atoms with Crippen LogP contribution in [0.1, 0.15) is 35.2 Å². The Morgan fingerprint density at radius 3 is 2.94 bits per heavy atom. The Bertz CT molecular complexity index is 417. The van der Waals surface area contributed by atoms with Gasteiger partial charge >= 0.3 is 0 Å². The van der Waals surface area contributed by atoms with Crippen molar-refractivity contribution in [2.75, 3.05) is 19.8 Å². The molecule has 0 aromatic heterocycles. The number of hydrogen-bond donors (Lipinski definition) is 1. The fourth-order valence-corrected chi connectivity index (χ4v) is 2.62. The Kier molecular flexibility index (Phi) is 3.79. The van der Waals surface area contributed by atoms with E-state index in [0.717, 1.165) is 36.3 Å². The number of fused-ring (bicyclic) bond motifs is 1. The molecule has 0 spiro atoms. The Morgan fingerprint density at radius 1 is 1.47 bits per heavy atom. The SMILES string of the molecule is CCNC1COCCc2cc(C)c(F)c(C)c21. The summed E-state index contributed by atoms with van der Waals surface area (Å²) in [6.07, 6.45) is 0.874. The third-order valence-corrected chi connectivity index (χ3v) is 3.42. The van der Waals surface area contributed by atoms with Gasteiger partial charge in [-0.1, -0.05) is 13.0 Å². The minimum Gasteiger partial charge on any atom is -0.379 e. The molecule has 1 N–H and O–H groups in total. The van der Waals surface area contributed by atoms with Crippen molar-refractivity contribution in [1.82, 2.24) is 5.32 Å². The van der Waals surface area contributed by atoms with Crippen LogP contribution in [0.2, 0.25) is 0 Å². The number of nitrogens with one attached hydrogen (secondary N) is 1. The van der Waals surface area contributed by atoms with Gasteiger partial charge in [-0.25, -0.2) is 4.39 Å². The lowest BCUT2D eigenvalue weighted by molar-refractivity contribution is 0.122. The van der Waals surface area contributed by atoms with E-state index in [-0.39, 0.29) is 11.9 Å². The maximum Gasteiger partial charge on any atom is 0.129 e. The van der Waals surface area contributed by atoms with E-state index in [1.54, 1.807) is 0 Å². The second-order valence-electron chi connectivity index (χ2n) is 4.64. The van der Waals surface area contributed by atoms with E-state index in [2.05, 4.69) is 12.2 Å². The Morgan fingerprint density at radius 2 is 2.24 bits per heavy atom. The molecule has 1 heterocycles. The molecule has 0 bridgehead atoms. The molecule has 0 radical (unpaired) electrons. The molecule has 94 valence electrons. The standard InChI is InChI=1S/C14H20FNO/c1-4-16-12-8-17-6-5-11-7-9(2)14(15)10(3)13(11)12/h7,12,16H,4-6,8H2,1-3H3. The zero-order chi connectivity index (χ0) is 12.4. The highest BCUT2D eigenvalue weighted by molar-refractivity contribution is 5.42. The molecule has 1 atom stereocenters. The number of hydrogen-bond acceptors (Lipinski definition) is 2. The average Bonchev–Trinajstić information content (AvgIpc) is 2.49. The largest absolute Gasteiger partial charge is 0.379 e. The minimum atomic E-state index is -0.0754. The summed E-state index contributed by atoms with van der Waals surface area (Å²) in [6.45, 7) is 7.98. The minimum absolute atomic E-state index is 0.0754. The first kappa shape index (κ1) is 12.5. The van der Waals surface area contributed by atoms with Crippen LogP contribution >= 0.6 is 0 Å². The second kappa shape index (κ2) is 5.15. The second-order valence-corrected chi connectivity index (χ2v) is 4.64. The van der Waals surface area contributed by atoms with Crippen LogP contribution in [-0.4, -0.2) is 19.8 Å². The maximum atomic E-state index is 14.0. The number of rotatable bonds is 2. The first-order valence-corrected chi connectivity index (χ1v) is 6.24. The van der Waals surface area contributed by atoms with Crippen LogP contribution in [-0.2, 0) is 11.2 Å². The van der Waals surface area contributed by atoms with Crippen LogP contribution in [0, 0.1) is 19.7 Å². The lowest BCUT2D eigenvalue weighted by atomic mass is 9.92. The highest BCUT2D eigenvalue weighted by Crippen LogP contribution is 2.29. The number of halogens is 1. The molecule has 0 fully saturated rings. The molecule has 3 heteroatoms. The molecule has 2 rings (SSSR count). The Balaban J connectivity index is 2.51. The fraction of sp³-hybridized carbons (Fsp3) is 0.571. The van der Waals surface area contributed by atoms with Gasteiger partial charge in [0.05, 0.1) is 19.3 Å². The molecule has 0 saturated carbocycles. The van der Waals surface area contributed by atoms with Gasteiger partial charge < -0.3 is 10.1 Å². The van der Waals surface area contributed by atoms with E-state index < -0.39 is 0 Å². The lowest BCUT2D eigenvalue weighted by Crippen LogP contribution is -2.26. The topological polar surface area (TPSA) is 21.3 Å². The van der Waals surface area contributed by atoms with Gasteiger partial charge in [0.1, 0.15) is 5.82 Å². The molecule has 0 amide bonds. The maximum absolute atomic E-state index is 14.0. The Labute approximate surface area is 102 Å². The van der Waals surface area contributed by atoms with Crippen LogP contribution in [0.5, 0.6) is 0 Å². The number of ether oxygens (including phenoxy) is 1. The van der Waals surface area contributed by atoms with Crippen molar-refractivity contribution in [1.29, 1.82) is 0 Å². The van der Waals surface area contributed by atoms with Gasteiger partial charge in [-0.05, 0) is 49.1 Å². The average molecular weight is 237 g/mol. The molecule has 0 aliphatic carbocycles. The molecule has 1 aromatic carbocycles. The van der Waals surface area contributed by atoms with Crippen molar-refractivity contribution in [2.24, 2.45) is 0 Å². The third-order valence-electron chi connectivity index (χ3n) is 3.42. The van der Waals surface area contributed by atoms with Gasteiger partial charge in [-0.15, -0.1) is 0 Å². The van der Waals surface area contributed by atoms with Crippen LogP contribution in [0.4, 0.5) is 4.39 Å². The van der Waals surface area contributed by atoms with Crippen molar-refractivity contribution < 1.29 is 9.13 Å². The zero-order valence-electron chi connectivity index (χ0n) is 10.8. The molecule has 17 heavy (non-hydrogen) atoms. The van der Waals surface area contributed by atoms with E-state index in [9.17, 15) is 4.39 Å². The van der Waals surface area contributed by atoms with Crippen LogP contribution in [0.25, 0.3) is 0 Å². The van der Waals surface area contributed by atoms with Crippen molar-refractivity contribution >= 4 is 0 Å². The van der Waals surface area contributed by atoms with Gasteiger partial charge in [-0.3, -0.25) is 0 Å². The first-order chi connectivity index (χ1) is 8.15. The summed E-state index contributed by atoms with van der Waals surface area (Å²) >= 11 is 0.